The number of furan rings is 1. The zero-order chi connectivity index (χ0) is 15.3. The molecule has 0 fully saturated rings. The molecule has 0 saturated heterocycles. The lowest BCUT2D eigenvalue weighted by Gasteiger charge is -2.05. The molecule has 0 radical (unpaired) electrons. The van der Waals surface area contributed by atoms with Gasteiger partial charge in [-0.1, -0.05) is 13.8 Å². The van der Waals surface area contributed by atoms with Crippen molar-refractivity contribution in [3.63, 3.8) is 0 Å². The summed E-state index contributed by atoms with van der Waals surface area (Å²) in [5.41, 5.74) is 0.843. The van der Waals surface area contributed by atoms with E-state index in [1.54, 1.807) is 18.4 Å². The van der Waals surface area contributed by atoms with Crippen molar-refractivity contribution >= 4 is 10.0 Å². The quantitative estimate of drug-likeness (QED) is 0.691. The zero-order valence-corrected chi connectivity index (χ0v) is 13.0. The maximum Gasteiger partial charge on any atom is 0.242 e. The lowest BCUT2D eigenvalue weighted by atomic mass is 10.3. The first-order chi connectivity index (χ1) is 9.97. The fraction of sp³-hybridized carbons (Fsp3) is 0.429. The molecule has 116 valence electrons. The van der Waals surface area contributed by atoms with Crippen LogP contribution >= 0.6 is 0 Å². The predicted octanol–water partition coefficient (Wildman–Crippen LogP) is 1.63. The van der Waals surface area contributed by atoms with Gasteiger partial charge in [0.05, 0.1) is 11.2 Å². The van der Waals surface area contributed by atoms with Gasteiger partial charge in [0.25, 0.3) is 0 Å². The van der Waals surface area contributed by atoms with Gasteiger partial charge >= 0.3 is 0 Å². The number of aromatic nitrogens is 1. The highest BCUT2D eigenvalue weighted by molar-refractivity contribution is 7.89. The largest absolute Gasteiger partial charge is 0.469 e. The highest BCUT2D eigenvalue weighted by Gasteiger charge is 2.15. The van der Waals surface area contributed by atoms with Crippen LogP contribution < -0.4 is 10.0 Å². The Labute approximate surface area is 125 Å². The molecule has 21 heavy (non-hydrogen) atoms. The molecule has 0 aliphatic heterocycles. The number of H-pyrrole nitrogens is 1. The van der Waals surface area contributed by atoms with Gasteiger partial charge in [-0.15, -0.1) is 0 Å². The molecule has 0 saturated carbocycles. The zero-order valence-electron chi connectivity index (χ0n) is 12.2. The van der Waals surface area contributed by atoms with Crippen molar-refractivity contribution in [2.75, 3.05) is 6.54 Å². The Kier molecular flexibility index (Phi) is 5.22. The number of hydrogen-bond acceptors (Lipinski definition) is 4. The van der Waals surface area contributed by atoms with Crippen LogP contribution in [-0.4, -0.2) is 26.0 Å². The first kappa shape index (κ1) is 15.8. The molecule has 7 heteroatoms. The van der Waals surface area contributed by atoms with Crippen LogP contribution in [0.3, 0.4) is 0 Å². The minimum absolute atomic E-state index is 0.252. The highest BCUT2D eigenvalue weighted by atomic mass is 32.2. The van der Waals surface area contributed by atoms with E-state index in [1.165, 1.54) is 6.20 Å². The van der Waals surface area contributed by atoms with Gasteiger partial charge < -0.3 is 14.7 Å². The van der Waals surface area contributed by atoms with Gasteiger partial charge in [0.15, 0.2) is 0 Å². The molecule has 0 aromatic carbocycles. The minimum atomic E-state index is -3.48. The predicted molar refractivity (Wildman–Crippen MR) is 80.4 cm³/mol. The molecular weight excluding hydrogens is 290 g/mol. The van der Waals surface area contributed by atoms with Gasteiger partial charge in [0, 0.05) is 37.4 Å². The van der Waals surface area contributed by atoms with Crippen LogP contribution in [0.4, 0.5) is 0 Å². The SMILES string of the molecule is CC(C)NCc1cc(S(=O)(=O)NCCc2ccco2)c[nH]1. The second-order valence-electron chi connectivity index (χ2n) is 5.12. The summed E-state index contributed by atoms with van der Waals surface area (Å²) in [6, 6.07) is 5.59. The summed E-state index contributed by atoms with van der Waals surface area (Å²) in [5.74, 6) is 0.758. The third-order valence-corrected chi connectivity index (χ3v) is 4.41. The Morgan fingerprint density at radius 1 is 1.38 bits per heavy atom. The summed E-state index contributed by atoms with van der Waals surface area (Å²) in [7, 11) is -3.48. The summed E-state index contributed by atoms with van der Waals surface area (Å²) in [6.45, 7) is 4.99. The molecular formula is C14H21N3O3S. The molecule has 0 aliphatic carbocycles. The summed E-state index contributed by atoms with van der Waals surface area (Å²) in [6.07, 6.45) is 3.61. The molecule has 6 nitrogen and oxygen atoms in total. The maximum atomic E-state index is 12.1. The number of nitrogens with one attached hydrogen (secondary N) is 3. The van der Waals surface area contributed by atoms with Crippen LogP contribution in [0, 0.1) is 0 Å². The molecule has 2 aromatic heterocycles. The molecule has 3 N–H and O–H groups in total. The van der Waals surface area contributed by atoms with Crippen LogP contribution in [0.1, 0.15) is 25.3 Å². The maximum absolute atomic E-state index is 12.1. The van der Waals surface area contributed by atoms with Gasteiger partial charge in [0.1, 0.15) is 5.76 Å². The van der Waals surface area contributed by atoms with Crippen LogP contribution in [0.5, 0.6) is 0 Å². The molecule has 0 atom stereocenters. The van der Waals surface area contributed by atoms with E-state index in [0.717, 1.165) is 11.5 Å². The molecule has 2 aromatic rings. The molecule has 0 unspecified atom stereocenters. The fourth-order valence-electron chi connectivity index (χ4n) is 1.84. The van der Waals surface area contributed by atoms with Crippen molar-refractivity contribution in [2.45, 2.75) is 37.8 Å². The monoisotopic (exact) mass is 311 g/mol. The molecule has 2 heterocycles. The summed E-state index contributed by atoms with van der Waals surface area (Å²) >= 11 is 0. The van der Waals surface area contributed by atoms with Crippen LogP contribution in [0.25, 0.3) is 0 Å². The molecule has 0 amide bonds. The Hall–Kier alpha value is -1.57. The Morgan fingerprint density at radius 3 is 2.86 bits per heavy atom. The standard InChI is InChI=1S/C14H21N3O3S/c1-11(2)15-9-12-8-14(10-16-12)21(18,19)17-6-5-13-4-3-7-20-13/h3-4,7-8,10-11,15-17H,5-6,9H2,1-2H3. The third-order valence-electron chi connectivity index (χ3n) is 2.97. The molecule has 0 aliphatic rings. The minimum Gasteiger partial charge on any atom is -0.469 e. The average molecular weight is 311 g/mol. The van der Waals surface area contributed by atoms with Crippen LogP contribution in [0.2, 0.25) is 0 Å². The lowest BCUT2D eigenvalue weighted by Crippen LogP contribution is -2.25. The number of rotatable bonds is 8. The lowest BCUT2D eigenvalue weighted by molar-refractivity contribution is 0.506. The highest BCUT2D eigenvalue weighted by Crippen LogP contribution is 2.11. The van der Waals surface area contributed by atoms with Gasteiger partial charge in [0.2, 0.25) is 10.0 Å². The van der Waals surface area contributed by atoms with Crippen molar-refractivity contribution in [1.82, 2.24) is 15.0 Å². The summed E-state index contributed by atoms with van der Waals surface area (Å²) < 4.78 is 32.0. The smallest absolute Gasteiger partial charge is 0.242 e. The fourth-order valence-corrected chi connectivity index (χ4v) is 2.89. The Morgan fingerprint density at radius 2 is 2.19 bits per heavy atom. The van der Waals surface area contributed by atoms with E-state index in [0.29, 0.717) is 25.6 Å². The van der Waals surface area contributed by atoms with Gasteiger partial charge in [-0.2, -0.15) is 0 Å². The normalized spacial score (nSPS) is 12.1. The first-order valence-electron chi connectivity index (χ1n) is 6.90. The van der Waals surface area contributed by atoms with Crippen LogP contribution in [-0.2, 0) is 23.0 Å². The van der Waals surface area contributed by atoms with Gasteiger partial charge in [-0.05, 0) is 18.2 Å². The van der Waals surface area contributed by atoms with E-state index >= 15 is 0 Å². The summed E-state index contributed by atoms with van der Waals surface area (Å²) in [5, 5.41) is 3.23. The molecule has 0 spiro atoms. The number of aromatic amines is 1. The second kappa shape index (κ2) is 6.93. The van der Waals surface area contributed by atoms with Gasteiger partial charge in [-0.3, -0.25) is 0 Å². The topological polar surface area (TPSA) is 87.1 Å². The van der Waals surface area contributed by atoms with Crippen molar-refractivity contribution < 1.29 is 12.8 Å². The van der Waals surface area contributed by atoms with Crippen LogP contribution in [0.15, 0.2) is 40.0 Å². The molecule has 0 bridgehead atoms. The Bertz CT molecular complexity index is 645. The van der Waals surface area contributed by atoms with E-state index in [2.05, 4.69) is 15.0 Å². The van der Waals surface area contributed by atoms with E-state index < -0.39 is 10.0 Å². The van der Waals surface area contributed by atoms with E-state index in [1.807, 2.05) is 19.9 Å². The van der Waals surface area contributed by atoms with Crippen molar-refractivity contribution in [2.24, 2.45) is 0 Å². The third kappa shape index (κ3) is 4.73. The van der Waals surface area contributed by atoms with E-state index in [-0.39, 0.29) is 4.90 Å². The first-order valence-corrected chi connectivity index (χ1v) is 8.38. The van der Waals surface area contributed by atoms with E-state index in [9.17, 15) is 8.42 Å². The van der Waals surface area contributed by atoms with Gasteiger partial charge in [-0.25, -0.2) is 13.1 Å². The number of hydrogen-bond donors (Lipinski definition) is 3. The van der Waals surface area contributed by atoms with Crippen molar-refractivity contribution in [3.05, 3.63) is 42.1 Å². The van der Waals surface area contributed by atoms with E-state index in [4.69, 9.17) is 4.42 Å². The second-order valence-corrected chi connectivity index (χ2v) is 6.89. The Balaban J connectivity index is 1.89. The molecule has 2 rings (SSSR count). The average Bonchev–Trinajstić information content (AvgIpc) is 3.07. The number of sulfonamides is 1. The summed E-state index contributed by atoms with van der Waals surface area (Å²) in [4.78, 5) is 3.22. The van der Waals surface area contributed by atoms with Crippen molar-refractivity contribution in [1.29, 1.82) is 0 Å². The van der Waals surface area contributed by atoms with Crippen molar-refractivity contribution in [3.8, 4) is 0 Å².